The molecule has 1 fully saturated rings. The first-order chi connectivity index (χ1) is 16.8. The molecule has 2 aromatic carbocycles. The summed E-state index contributed by atoms with van der Waals surface area (Å²) in [5, 5.41) is 4.97. The van der Waals surface area contributed by atoms with E-state index < -0.39 is 6.04 Å². The van der Waals surface area contributed by atoms with Gasteiger partial charge in [0.05, 0.1) is 6.04 Å². The van der Waals surface area contributed by atoms with Gasteiger partial charge in [0, 0.05) is 28.8 Å². The lowest BCUT2D eigenvalue weighted by atomic mass is 9.92. The number of amides is 2. The van der Waals surface area contributed by atoms with Crippen molar-refractivity contribution in [2.24, 2.45) is 10.9 Å². The van der Waals surface area contributed by atoms with Gasteiger partial charge in [-0.2, -0.15) is 0 Å². The maximum atomic E-state index is 13.7. The van der Waals surface area contributed by atoms with Gasteiger partial charge in [0.1, 0.15) is 17.0 Å². The lowest BCUT2D eigenvalue weighted by molar-refractivity contribution is -0.139. The molecule has 182 valence electrons. The summed E-state index contributed by atoms with van der Waals surface area (Å²) in [6.07, 6.45) is 0. The Hall–Kier alpha value is -2.48. The fraction of sp³-hybridized carbons (Fsp3) is 0.346. The normalized spacial score (nSPS) is 24.1. The number of halogens is 2. The van der Waals surface area contributed by atoms with E-state index >= 15 is 0 Å². The number of nitrogens with zero attached hydrogens (tertiary/aromatic N) is 3. The van der Waals surface area contributed by atoms with Crippen LogP contribution in [0.2, 0.25) is 10.0 Å². The lowest BCUT2D eigenvalue weighted by Crippen LogP contribution is -2.56. The molecule has 1 saturated heterocycles. The second-order valence-electron chi connectivity index (χ2n) is 9.21. The van der Waals surface area contributed by atoms with E-state index in [1.54, 1.807) is 11.8 Å². The van der Waals surface area contributed by atoms with Crippen molar-refractivity contribution in [1.82, 2.24) is 15.1 Å². The number of thioether (sulfide) groups is 1. The van der Waals surface area contributed by atoms with Gasteiger partial charge >= 0.3 is 0 Å². The minimum Gasteiger partial charge on any atom is -0.353 e. The van der Waals surface area contributed by atoms with Crippen LogP contribution in [0.3, 0.4) is 0 Å². The average molecular weight is 529 g/mol. The largest absolute Gasteiger partial charge is 0.353 e. The molecule has 35 heavy (non-hydrogen) atoms. The molecular weight excluding hydrogens is 503 g/mol. The summed E-state index contributed by atoms with van der Waals surface area (Å²) in [4.78, 5) is 35.6. The molecule has 3 heterocycles. The molecule has 2 amide bonds. The Labute approximate surface area is 219 Å². The van der Waals surface area contributed by atoms with Crippen molar-refractivity contribution in [2.75, 3.05) is 13.1 Å². The first kappa shape index (κ1) is 24.2. The summed E-state index contributed by atoms with van der Waals surface area (Å²) in [6.45, 7) is 6.90. The fourth-order valence-electron chi connectivity index (χ4n) is 4.89. The van der Waals surface area contributed by atoms with E-state index in [-0.39, 0.29) is 29.8 Å². The standard InChI is InChI=1S/C26H26Cl2N4O2S/c1-14(2)21-23(25(34)31-13-12-29-24(33)15(31)3)35-26-30-20(16-4-8-18(27)9-5-16)22(32(21)26)17-6-10-19(28)11-7-17/h4-11,14-15,20,22H,12-13H2,1-3H3,(H,29,33)/t15-,20-,22+/m0/s1. The highest BCUT2D eigenvalue weighted by Crippen LogP contribution is 2.53. The Kier molecular flexibility index (Phi) is 6.59. The second kappa shape index (κ2) is 9.52. The number of carbonyl (C=O) groups excluding carboxylic acids is 2. The molecule has 0 saturated carbocycles. The molecule has 0 aromatic heterocycles. The van der Waals surface area contributed by atoms with Crippen LogP contribution in [0, 0.1) is 5.92 Å². The molecule has 0 unspecified atom stereocenters. The molecule has 5 rings (SSSR count). The summed E-state index contributed by atoms with van der Waals surface area (Å²) < 4.78 is 0. The van der Waals surface area contributed by atoms with Crippen molar-refractivity contribution in [2.45, 2.75) is 38.9 Å². The van der Waals surface area contributed by atoms with Gasteiger partial charge in [-0.05, 0) is 60.0 Å². The van der Waals surface area contributed by atoms with Gasteiger partial charge in [0.15, 0.2) is 5.17 Å². The Morgan fingerprint density at radius 3 is 2.26 bits per heavy atom. The third kappa shape index (κ3) is 4.34. The van der Waals surface area contributed by atoms with Gasteiger partial charge < -0.3 is 15.1 Å². The van der Waals surface area contributed by atoms with Crippen molar-refractivity contribution in [3.05, 3.63) is 80.3 Å². The number of rotatable bonds is 4. The summed E-state index contributed by atoms with van der Waals surface area (Å²) in [6, 6.07) is 14.8. The van der Waals surface area contributed by atoms with Gasteiger partial charge in [0.2, 0.25) is 5.91 Å². The zero-order valence-electron chi connectivity index (χ0n) is 19.7. The fourth-order valence-corrected chi connectivity index (χ4v) is 6.44. The maximum Gasteiger partial charge on any atom is 0.263 e. The molecule has 3 atom stereocenters. The molecule has 9 heteroatoms. The number of hydrogen-bond donors (Lipinski definition) is 1. The third-order valence-corrected chi connectivity index (χ3v) is 8.22. The summed E-state index contributed by atoms with van der Waals surface area (Å²) in [7, 11) is 0. The number of benzene rings is 2. The Morgan fingerprint density at radius 1 is 1.06 bits per heavy atom. The van der Waals surface area contributed by atoms with E-state index in [0.29, 0.717) is 28.0 Å². The summed E-state index contributed by atoms with van der Waals surface area (Å²) in [5.74, 6) is -0.170. The number of nitrogens with one attached hydrogen (secondary N) is 1. The molecule has 0 spiro atoms. The van der Waals surface area contributed by atoms with Crippen LogP contribution in [-0.2, 0) is 9.59 Å². The highest BCUT2D eigenvalue weighted by Gasteiger charge is 2.48. The zero-order valence-corrected chi connectivity index (χ0v) is 22.0. The van der Waals surface area contributed by atoms with E-state index in [1.165, 1.54) is 11.8 Å². The van der Waals surface area contributed by atoms with Crippen LogP contribution in [0.1, 0.15) is 44.0 Å². The van der Waals surface area contributed by atoms with E-state index in [2.05, 4.69) is 24.1 Å². The van der Waals surface area contributed by atoms with Crippen molar-refractivity contribution < 1.29 is 9.59 Å². The van der Waals surface area contributed by atoms with Crippen LogP contribution >= 0.6 is 35.0 Å². The van der Waals surface area contributed by atoms with Crippen molar-refractivity contribution in [3.63, 3.8) is 0 Å². The molecule has 3 aliphatic rings. The van der Waals surface area contributed by atoms with Gasteiger partial charge in [-0.3, -0.25) is 14.6 Å². The van der Waals surface area contributed by atoms with Crippen LogP contribution < -0.4 is 5.32 Å². The SMILES string of the molecule is CC(C)C1=C(C(=O)N2CCNC(=O)[C@@H]2C)SC2=N[C@@H](c3ccc(Cl)cc3)[C@@H](c3ccc(Cl)cc3)N21. The number of allylic oxidation sites excluding steroid dienone is 1. The topological polar surface area (TPSA) is 65.0 Å². The van der Waals surface area contributed by atoms with Gasteiger partial charge in [-0.15, -0.1) is 0 Å². The first-order valence-corrected chi connectivity index (χ1v) is 13.2. The van der Waals surface area contributed by atoms with Crippen LogP contribution in [0.15, 0.2) is 64.1 Å². The number of fused-ring (bicyclic) bond motifs is 1. The molecule has 2 aromatic rings. The van der Waals surface area contributed by atoms with E-state index in [0.717, 1.165) is 22.0 Å². The highest BCUT2D eigenvalue weighted by molar-refractivity contribution is 8.18. The molecule has 0 aliphatic carbocycles. The monoisotopic (exact) mass is 528 g/mol. The molecule has 6 nitrogen and oxygen atoms in total. The summed E-state index contributed by atoms with van der Waals surface area (Å²) >= 11 is 13.8. The second-order valence-corrected chi connectivity index (χ2v) is 11.1. The van der Waals surface area contributed by atoms with Crippen molar-refractivity contribution in [3.8, 4) is 0 Å². The van der Waals surface area contributed by atoms with Crippen LogP contribution in [0.4, 0.5) is 0 Å². The molecule has 1 N–H and O–H groups in total. The van der Waals surface area contributed by atoms with Crippen LogP contribution in [0.5, 0.6) is 0 Å². The van der Waals surface area contributed by atoms with Crippen molar-refractivity contribution >= 4 is 51.9 Å². The van der Waals surface area contributed by atoms with Gasteiger partial charge in [-0.1, -0.05) is 61.3 Å². The average Bonchev–Trinajstić information content (AvgIpc) is 3.38. The lowest BCUT2D eigenvalue weighted by Gasteiger charge is -2.34. The van der Waals surface area contributed by atoms with Gasteiger partial charge in [0.25, 0.3) is 5.91 Å². The van der Waals surface area contributed by atoms with E-state index in [1.807, 2.05) is 48.5 Å². The van der Waals surface area contributed by atoms with Gasteiger partial charge in [-0.25, -0.2) is 0 Å². The maximum absolute atomic E-state index is 13.7. The first-order valence-electron chi connectivity index (χ1n) is 11.6. The Bertz CT molecular complexity index is 1230. The Morgan fingerprint density at radius 2 is 1.66 bits per heavy atom. The van der Waals surface area contributed by atoms with Crippen molar-refractivity contribution in [1.29, 1.82) is 0 Å². The van der Waals surface area contributed by atoms with Crippen LogP contribution in [0.25, 0.3) is 0 Å². The molecular formula is C26H26Cl2N4O2S. The summed E-state index contributed by atoms with van der Waals surface area (Å²) in [5.41, 5.74) is 3.05. The molecule has 3 aliphatic heterocycles. The number of piperazine rings is 1. The number of hydrogen-bond acceptors (Lipinski definition) is 5. The number of aliphatic imine (C=N–C) groups is 1. The van der Waals surface area contributed by atoms with E-state index in [4.69, 9.17) is 28.2 Å². The number of amidine groups is 1. The minimum absolute atomic E-state index is 0.0711. The third-order valence-electron chi connectivity index (χ3n) is 6.64. The predicted molar refractivity (Wildman–Crippen MR) is 141 cm³/mol. The quantitative estimate of drug-likeness (QED) is 0.576. The number of carbonyl (C=O) groups is 2. The zero-order chi connectivity index (χ0) is 24.9. The molecule has 0 radical (unpaired) electrons. The smallest absolute Gasteiger partial charge is 0.263 e. The van der Waals surface area contributed by atoms with E-state index in [9.17, 15) is 9.59 Å². The Balaban J connectivity index is 1.59. The highest BCUT2D eigenvalue weighted by atomic mass is 35.5. The molecule has 0 bridgehead atoms. The minimum atomic E-state index is -0.510. The predicted octanol–water partition coefficient (Wildman–Crippen LogP) is 5.41. The van der Waals surface area contributed by atoms with Crippen LogP contribution in [-0.4, -0.2) is 45.9 Å².